The van der Waals surface area contributed by atoms with Gasteiger partial charge < -0.3 is 9.80 Å². The molecule has 0 spiro atoms. The summed E-state index contributed by atoms with van der Waals surface area (Å²) in [6.07, 6.45) is 4.47. The number of nitrogens with zero attached hydrogens (tertiary/aromatic N) is 3. The second-order valence-electron chi connectivity index (χ2n) is 6.92. The molecule has 132 valence electrons. The lowest BCUT2D eigenvalue weighted by atomic mass is 10.1. The van der Waals surface area contributed by atoms with Crippen molar-refractivity contribution in [1.82, 2.24) is 9.88 Å². The van der Waals surface area contributed by atoms with E-state index in [1.165, 1.54) is 18.9 Å². The molecule has 1 amide bonds. The number of benzene rings is 1. The van der Waals surface area contributed by atoms with E-state index in [1.54, 1.807) is 6.07 Å². The summed E-state index contributed by atoms with van der Waals surface area (Å²) in [6, 6.07) is 7.15. The summed E-state index contributed by atoms with van der Waals surface area (Å²) in [4.78, 5) is 21.3. The maximum Gasteiger partial charge on any atom is 0.225 e. The first-order valence-corrected chi connectivity index (χ1v) is 9.70. The van der Waals surface area contributed by atoms with Crippen molar-refractivity contribution < 1.29 is 9.18 Å². The summed E-state index contributed by atoms with van der Waals surface area (Å²) >= 11 is 3.21. The Hall–Kier alpha value is -1.69. The number of fused-ring (bicyclic) bond motifs is 1. The average Bonchev–Trinajstić information content (AvgIpc) is 3.16. The normalized spacial score (nSPS) is 19.0. The number of carbonyl (C=O) groups excluding carboxylic acids is 1. The lowest BCUT2D eigenvalue weighted by Gasteiger charge is -2.36. The predicted molar refractivity (Wildman–Crippen MR) is 100 cm³/mol. The topological polar surface area (TPSA) is 36.4 Å². The molecule has 4 nitrogen and oxygen atoms in total. The van der Waals surface area contributed by atoms with Crippen LogP contribution in [0.3, 0.4) is 0 Å². The molecule has 0 unspecified atom stereocenters. The molecule has 1 saturated heterocycles. The molecule has 1 saturated carbocycles. The molecule has 4 rings (SSSR count). The second kappa shape index (κ2) is 6.90. The third kappa shape index (κ3) is 3.36. The number of halogens is 2. The molecule has 25 heavy (non-hydrogen) atoms. The molecule has 0 bridgehead atoms. The van der Waals surface area contributed by atoms with E-state index in [4.69, 9.17) is 0 Å². The molecule has 0 atom stereocenters. The lowest BCUT2D eigenvalue weighted by molar-refractivity contribution is -0.135. The molecule has 2 heterocycles. The van der Waals surface area contributed by atoms with Crippen molar-refractivity contribution in [3.63, 3.8) is 0 Å². The smallest absolute Gasteiger partial charge is 0.225 e. The number of amides is 1. The van der Waals surface area contributed by atoms with Crippen LogP contribution in [0.25, 0.3) is 10.9 Å². The number of carbonyl (C=O) groups is 1. The zero-order valence-electron chi connectivity index (χ0n) is 14.0. The van der Waals surface area contributed by atoms with E-state index in [-0.39, 0.29) is 11.7 Å². The molecule has 0 radical (unpaired) electrons. The summed E-state index contributed by atoms with van der Waals surface area (Å²) in [5.41, 5.74) is 0.655. The highest BCUT2D eigenvalue weighted by molar-refractivity contribution is 9.10. The van der Waals surface area contributed by atoms with Gasteiger partial charge in [0.15, 0.2) is 0 Å². The first-order valence-electron chi connectivity index (χ1n) is 8.91. The van der Waals surface area contributed by atoms with Gasteiger partial charge >= 0.3 is 0 Å². The molecule has 1 aromatic heterocycles. The maximum absolute atomic E-state index is 13.8. The Balaban J connectivity index is 1.46. The summed E-state index contributed by atoms with van der Waals surface area (Å²) in [5, 5.41) is 0.909. The van der Waals surface area contributed by atoms with Crippen LogP contribution in [-0.2, 0) is 4.79 Å². The van der Waals surface area contributed by atoms with Crippen LogP contribution in [0.5, 0.6) is 0 Å². The standard InChI is InChI=1S/C19H21BrFN3O/c20-15-11-14-5-6-18(22-17(14)12-16(15)21)23-7-9-24(10-8-23)19(25)13-3-1-2-4-13/h5-6,11-13H,1-4,7-10H2. The van der Waals surface area contributed by atoms with Crippen molar-refractivity contribution in [1.29, 1.82) is 0 Å². The highest BCUT2D eigenvalue weighted by atomic mass is 79.9. The largest absolute Gasteiger partial charge is 0.353 e. The van der Waals surface area contributed by atoms with Crippen molar-refractivity contribution in [3.8, 4) is 0 Å². The van der Waals surface area contributed by atoms with E-state index in [2.05, 4.69) is 25.8 Å². The Labute approximate surface area is 155 Å². The van der Waals surface area contributed by atoms with Gasteiger partial charge in [0, 0.05) is 43.5 Å². The Kier molecular flexibility index (Phi) is 4.63. The highest BCUT2D eigenvalue weighted by Gasteiger charge is 2.29. The molecule has 2 aromatic rings. The maximum atomic E-state index is 13.8. The zero-order chi connectivity index (χ0) is 17.4. The summed E-state index contributed by atoms with van der Waals surface area (Å²) in [7, 11) is 0. The Morgan fingerprint density at radius 2 is 1.84 bits per heavy atom. The third-order valence-electron chi connectivity index (χ3n) is 5.34. The van der Waals surface area contributed by atoms with Gasteiger partial charge in [-0.1, -0.05) is 12.8 Å². The zero-order valence-corrected chi connectivity index (χ0v) is 15.6. The minimum atomic E-state index is -0.302. The van der Waals surface area contributed by atoms with Crippen molar-refractivity contribution in [2.45, 2.75) is 25.7 Å². The summed E-state index contributed by atoms with van der Waals surface area (Å²) in [5.74, 6) is 1.12. The Bertz CT molecular complexity index is 799. The van der Waals surface area contributed by atoms with Crippen LogP contribution in [0.15, 0.2) is 28.7 Å². The van der Waals surface area contributed by atoms with E-state index < -0.39 is 0 Å². The van der Waals surface area contributed by atoms with E-state index in [0.717, 1.165) is 50.2 Å². The summed E-state index contributed by atoms with van der Waals surface area (Å²) in [6.45, 7) is 3.03. The quantitative estimate of drug-likeness (QED) is 0.757. The SMILES string of the molecule is O=C(C1CCCC1)N1CCN(c2ccc3cc(Br)c(F)cc3n2)CC1. The number of pyridine rings is 1. The molecule has 1 aliphatic heterocycles. The fourth-order valence-electron chi connectivity index (χ4n) is 3.87. The number of piperazine rings is 1. The van der Waals surface area contributed by atoms with Gasteiger partial charge in [0.25, 0.3) is 0 Å². The molecule has 1 aliphatic carbocycles. The Morgan fingerprint density at radius 3 is 2.56 bits per heavy atom. The number of rotatable bonds is 2. The van der Waals surface area contributed by atoms with Crippen LogP contribution in [0, 0.1) is 11.7 Å². The molecule has 0 N–H and O–H groups in total. The van der Waals surface area contributed by atoms with Gasteiger partial charge in [0.2, 0.25) is 5.91 Å². The highest BCUT2D eigenvalue weighted by Crippen LogP contribution is 2.28. The summed E-state index contributed by atoms with van der Waals surface area (Å²) < 4.78 is 14.2. The van der Waals surface area contributed by atoms with Crippen molar-refractivity contribution in [3.05, 3.63) is 34.6 Å². The predicted octanol–water partition coefficient (Wildman–Crippen LogP) is 3.98. The number of anilines is 1. The van der Waals surface area contributed by atoms with Gasteiger partial charge in [0.1, 0.15) is 11.6 Å². The van der Waals surface area contributed by atoms with Gasteiger partial charge in [-0.15, -0.1) is 0 Å². The van der Waals surface area contributed by atoms with Gasteiger partial charge in [0.05, 0.1) is 9.99 Å². The molecule has 2 aliphatic rings. The Morgan fingerprint density at radius 1 is 1.12 bits per heavy atom. The van der Waals surface area contributed by atoms with Gasteiger partial charge in [-0.05, 0) is 47.0 Å². The van der Waals surface area contributed by atoms with Crippen LogP contribution in [0.4, 0.5) is 10.2 Å². The number of aromatic nitrogens is 1. The number of hydrogen-bond donors (Lipinski definition) is 0. The van der Waals surface area contributed by atoms with E-state index >= 15 is 0 Å². The fraction of sp³-hybridized carbons (Fsp3) is 0.474. The molecular formula is C19H21BrFN3O. The first kappa shape index (κ1) is 16.8. The monoisotopic (exact) mass is 405 g/mol. The minimum absolute atomic E-state index is 0.242. The first-order chi connectivity index (χ1) is 12.1. The minimum Gasteiger partial charge on any atom is -0.353 e. The van der Waals surface area contributed by atoms with E-state index in [1.807, 2.05) is 17.0 Å². The molecule has 6 heteroatoms. The molecular weight excluding hydrogens is 385 g/mol. The van der Waals surface area contributed by atoms with Crippen LogP contribution in [0.2, 0.25) is 0 Å². The van der Waals surface area contributed by atoms with Crippen LogP contribution in [-0.4, -0.2) is 42.0 Å². The van der Waals surface area contributed by atoms with Gasteiger partial charge in [-0.3, -0.25) is 4.79 Å². The van der Waals surface area contributed by atoms with Crippen molar-refractivity contribution in [2.24, 2.45) is 5.92 Å². The third-order valence-corrected chi connectivity index (χ3v) is 5.94. The fourth-order valence-corrected chi connectivity index (χ4v) is 4.23. The van der Waals surface area contributed by atoms with Crippen LogP contribution in [0.1, 0.15) is 25.7 Å². The van der Waals surface area contributed by atoms with Gasteiger partial charge in [-0.25, -0.2) is 9.37 Å². The van der Waals surface area contributed by atoms with Crippen molar-refractivity contribution >= 4 is 38.6 Å². The average molecular weight is 406 g/mol. The van der Waals surface area contributed by atoms with E-state index in [9.17, 15) is 9.18 Å². The number of hydrogen-bond acceptors (Lipinski definition) is 3. The molecule has 2 fully saturated rings. The van der Waals surface area contributed by atoms with Crippen molar-refractivity contribution in [2.75, 3.05) is 31.1 Å². The molecule has 1 aromatic carbocycles. The lowest BCUT2D eigenvalue weighted by Crippen LogP contribution is -2.50. The van der Waals surface area contributed by atoms with Crippen LogP contribution < -0.4 is 4.90 Å². The van der Waals surface area contributed by atoms with E-state index in [0.29, 0.717) is 15.9 Å². The second-order valence-corrected chi connectivity index (χ2v) is 7.78. The van der Waals surface area contributed by atoms with Gasteiger partial charge in [-0.2, -0.15) is 0 Å². The van der Waals surface area contributed by atoms with Crippen LogP contribution >= 0.6 is 15.9 Å².